The van der Waals surface area contributed by atoms with Crippen molar-refractivity contribution in [2.24, 2.45) is 23.7 Å². The molecule has 19 heavy (non-hydrogen) atoms. The fraction of sp³-hybridized carbons (Fsp3) is 0.733. The van der Waals surface area contributed by atoms with Crippen molar-refractivity contribution in [3.63, 3.8) is 0 Å². The quantitative estimate of drug-likeness (QED) is 0.877. The van der Waals surface area contributed by atoms with Gasteiger partial charge in [-0.1, -0.05) is 0 Å². The fourth-order valence-corrected chi connectivity index (χ4v) is 5.28. The van der Waals surface area contributed by atoms with E-state index in [9.17, 15) is 4.79 Å². The van der Waals surface area contributed by atoms with Crippen LogP contribution in [0.1, 0.15) is 49.4 Å². The summed E-state index contributed by atoms with van der Waals surface area (Å²) in [6, 6.07) is 0. The number of hydrogen-bond donors (Lipinski definition) is 2. The van der Waals surface area contributed by atoms with Gasteiger partial charge in [0.1, 0.15) is 0 Å². The molecule has 5 rings (SSSR count). The number of carboxylic acids is 1. The Hall–Kier alpha value is -1.32. The van der Waals surface area contributed by atoms with Gasteiger partial charge in [0.05, 0.1) is 18.4 Å². The molecule has 0 unspecified atom stereocenters. The Morgan fingerprint density at radius 2 is 1.84 bits per heavy atom. The molecule has 4 fully saturated rings. The van der Waals surface area contributed by atoms with E-state index in [0.717, 1.165) is 35.1 Å². The maximum atomic E-state index is 11.0. The van der Waals surface area contributed by atoms with Crippen LogP contribution in [0, 0.1) is 23.7 Å². The summed E-state index contributed by atoms with van der Waals surface area (Å²) in [6.07, 6.45) is 8.58. The van der Waals surface area contributed by atoms with E-state index in [0.29, 0.717) is 5.92 Å². The van der Waals surface area contributed by atoms with Crippen LogP contribution < -0.4 is 0 Å². The van der Waals surface area contributed by atoms with E-state index in [1.807, 2.05) is 0 Å². The maximum absolute atomic E-state index is 11.0. The lowest BCUT2D eigenvalue weighted by molar-refractivity contribution is -0.136. The van der Waals surface area contributed by atoms with E-state index < -0.39 is 5.97 Å². The standard InChI is InChI=1S/C15H20N2O2/c18-13(19)6-12-15(17-7-16-12)14-10-2-8-1-9(4-10)5-11(14)3-8/h7-11,14H,1-6H2,(H,16,17)(H,18,19). The lowest BCUT2D eigenvalue weighted by Crippen LogP contribution is -2.44. The highest BCUT2D eigenvalue weighted by Gasteiger charge is 2.49. The molecule has 0 amide bonds. The van der Waals surface area contributed by atoms with Gasteiger partial charge in [0.25, 0.3) is 0 Å². The Morgan fingerprint density at radius 1 is 1.21 bits per heavy atom. The largest absolute Gasteiger partial charge is 0.481 e. The lowest BCUT2D eigenvalue weighted by Gasteiger charge is -2.54. The highest BCUT2D eigenvalue weighted by molar-refractivity contribution is 5.70. The van der Waals surface area contributed by atoms with Crippen molar-refractivity contribution < 1.29 is 9.90 Å². The van der Waals surface area contributed by atoms with Crippen LogP contribution in [-0.2, 0) is 11.2 Å². The predicted molar refractivity (Wildman–Crippen MR) is 69.7 cm³/mol. The molecule has 0 radical (unpaired) electrons. The molecule has 4 aliphatic rings. The summed E-state index contributed by atoms with van der Waals surface area (Å²) in [7, 11) is 0. The minimum absolute atomic E-state index is 0.0815. The summed E-state index contributed by atoms with van der Waals surface area (Å²) in [6.45, 7) is 0. The van der Waals surface area contributed by atoms with Gasteiger partial charge >= 0.3 is 5.97 Å². The fourth-order valence-electron chi connectivity index (χ4n) is 5.28. The molecule has 1 aromatic heterocycles. The van der Waals surface area contributed by atoms with Crippen LogP contribution in [0.15, 0.2) is 6.33 Å². The maximum Gasteiger partial charge on any atom is 0.309 e. The molecule has 4 aliphatic carbocycles. The third kappa shape index (κ3) is 1.80. The zero-order valence-corrected chi connectivity index (χ0v) is 11.0. The van der Waals surface area contributed by atoms with Gasteiger partial charge in [0.2, 0.25) is 0 Å². The summed E-state index contributed by atoms with van der Waals surface area (Å²) in [5, 5.41) is 9.01. The highest BCUT2D eigenvalue weighted by Crippen LogP contribution is 2.59. The first-order valence-electron chi connectivity index (χ1n) is 7.44. The number of aliphatic carboxylic acids is 1. The number of rotatable bonds is 3. The molecule has 2 N–H and O–H groups in total. The Labute approximate surface area is 112 Å². The third-order valence-electron chi connectivity index (χ3n) is 5.62. The van der Waals surface area contributed by atoms with Crippen LogP contribution >= 0.6 is 0 Å². The zero-order chi connectivity index (χ0) is 13.0. The third-order valence-corrected chi connectivity index (χ3v) is 5.62. The van der Waals surface area contributed by atoms with Gasteiger partial charge in [-0.15, -0.1) is 0 Å². The molecule has 4 saturated carbocycles. The van der Waals surface area contributed by atoms with Gasteiger partial charge in [0.15, 0.2) is 0 Å². The Kier molecular flexibility index (Phi) is 2.47. The second kappa shape index (κ2) is 4.09. The Balaban J connectivity index is 1.65. The number of carboxylic acid groups (broad SMARTS) is 1. The van der Waals surface area contributed by atoms with Crippen LogP contribution in [0.25, 0.3) is 0 Å². The highest BCUT2D eigenvalue weighted by atomic mass is 16.4. The number of hydrogen-bond acceptors (Lipinski definition) is 2. The van der Waals surface area contributed by atoms with Crippen LogP contribution in [0.4, 0.5) is 0 Å². The summed E-state index contributed by atoms with van der Waals surface area (Å²) in [5.41, 5.74) is 1.90. The second-order valence-corrected chi connectivity index (χ2v) is 6.79. The van der Waals surface area contributed by atoms with E-state index >= 15 is 0 Å². The van der Waals surface area contributed by atoms with Gasteiger partial charge in [-0.25, -0.2) is 4.98 Å². The van der Waals surface area contributed by atoms with Crippen molar-refractivity contribution in [3.05, 3.63) is 17.7 Å². The number of aromatic nitrogens is 2. The Bertz CT molecular complexity index is 480. The number of nitrogens with one attached hydrogen (secondary N) is 1. The van der Waals surface area contributed by atoms with E-state index in [1.54, 1.807) is 6.33 Å². The molecule has 102 valence electrons. The molecule has 0 aromatic carbocycles. The smallest absolute Gasteiger partial charge is 0.309 e. The number of aromatic amines is 1. The van der Waals surface area contributed by atoms with Crippen molar-refractivity contribution in [3.8, 4) is 0 Å². The molecule has 1 aromatic rings. The summed E-state index contributed by atoms with van der Waals surface area (Å²) < 4.78 is 0. The number of imidazole rings is 1. The van der Waals surface area contributed by atoms with Crippen molar-refractivity contribution >= 4 is 5.97 Å². The lowest BCUT2D eigenvalue weighted by atomic mass is 9.51. The van der Waals surface area contributed by atoms with Crippen molar-refractivity contribution in [2.75, 3.05) is 0 Å². The topological polar surface area (TPSA) is 66.0 Å². The minimum atomic E-state index is -0.769. The zero-order valence-electron chi connectivity index (χ0n) is 11.0. The van der Waals surface area contributed by atoms with Crippen molar-refractivity contribution in [1.29, 1.82) is 0 Å². The van der Waals surface area contributed by atoms with Gasteiger partial charge < -0.3 is 10.1 Å². The molecule has 0 aliphatic heterocycles. The second-order valence-electron chi connectivity index (χ2n) is 6.79. The predicted octanol–water partition coefficient (Wildman–Crippen LogP) is 2.58. The average molecular weight is 260 g/mol. The molecular weight excluding hydrogens is 240 g/mol. The molecule has 0 atom stereocenters. The Morgan fingerprint density at radius 3 is 2.42 bits per heavy atom. The van der Waals surface area contributed by atoms with Gasteiger partial charge in [-0.2, -0.15) is 0 Å². The van der Waals surface area contributed by atoms with Gasteiger partial charge in [0, 0.05) is 11.6 Å². The first-order valence-corrected chi connectivity index (χ1v) is 7.44. The summed E-state index contributed by atoms with van der Waals surface area (Å²) in [4.78, 5) is 18.5. The van der Waals surface area contributed by atoms with Crippen LogP contribution in [0.2, 0.25) is 0 Å². The number of H-pyrrole nitrogens is 1. The normalized spacial score (nSPS) is 39.7. The SMILES string of the molecule is O=C(O)Cc1[nH]cnc1C1C2CC3CC(C2)CC1C3. The number of nitrogens with zero attached hydrogens (tertiary/aromatic N) is 1. The molecule has 1 heterocycles. The monoisotopic (exact) mass is 260 g/mol. The van der Waals surface area contributed by atoms with Crippen LogP contribution in [0.3, 0.4) is 0 Å². The van der Waals surface area contributed by atoms with Crippen LogP contribution in [-0.4, -0.2) is 21.0 Å². The first kappa shape index (κ1) is 11.5. The molecule has 4 heteroatoms. The van der Waals surface area contributed by atoms with Gasteiger partial charge in [-0.05, 0) is 55.8 Å². The number of carbonyl (C=O) groups is 1. The molecular formula is C15H20N2O2. The van der Waals surface area contributed by atoms with Crippen molar-refractivity contribution in [2.45, 2.75) is 44.4 Å². The molecule has 0 spiro atoms. The molecule has 4 nitrogen and oxygen atoms in total. The van der Waals surface area contributed by atoms with E-state index in [2.05, 4.69) is 9.97 Å². The summed E-state index contributed by atoms with van der Waals surface area (Å²) >= 11 is 0. The minimum Gasteiger partial charge on any atom is -0.481 e. The van der Waals surface area contributed by atoms with E-state index in [-0.39, 0.29) is 6.42 Å². The van der Waals surface area contributed by atoms with Crippen molar-refractivity contribution in [1.82, 2.24) is 9.97 Å². The molecule has 4 bridgehead atoms. The van der Waals surface area contributed by atoms with E-state index in [4.69, 9.17) is 5.11 Å². The summed E-state index contributed by atoms with van der Waals surface area (Å²) in [5.74, 6) is 3.16. The van der Waals surface area contributed by atoms with Crippen LogP contribution in [0.5, 0.6) is 0 Å². The van der Waals surface area contributed by atoms with Gasteiger partial charge in [-0.3, -0.25) is 4.79 Å². The first-order chi connectivity index (χ1) is 9.20. The average Bonchev–Trinajstić information content (AvgIpc) is 2.75. The molecule has 0 saturated heterocycles. The van der Waals surface area contributed by atoms with E-state index in [1.165, 1.54) is 32.1 Å².